The van der Waals surface area contributed by atoms with Crippen LogP contribution in [0.5, 0.6) is 0 Å². The van der Waals surface area contributed by atoms with Crippen LogP contribution in [-0.2, 0) is 38.4 Å². The van der Waals surface area contributed by atoms with Gasteiger partial charge in [0.25, 0.3) is 0 Å². The molecule has 6 rings (SSSR count). The highest BCUT2D eigenvalue weighted by Gasteiger charge is 2.39. The van der Waals surface area contributed by atoms with Crippen molar-refractivity contribution in [1.29, 1.82) is 0 Å². The molecule has 13 heteroatoms. The molecule has 3 amide bonds. The van der Waals surface area contributed by atoms with Crippen LogP contribution in [0, 0.1) is 0 Å². The van der Waals surface area contributed by atoms with Crippen molar-refractivity contribution in [3.8, 4) is 0 Å². The van der Waals surface area contributed by atoms with Gasteiger partial charge in [0.1, 0.15) is 18.1 Å². The van der Waals surface area contributed by atoms with Gasteiger partial charge in [-0.05, 0) is 36.1 Å². The summed E-state index contributed by atoms with van der Waals surface area (Å²) in [5.74, 6) is -2.70. The van der Waals surface area contributed by atoms with Crippen LogP contribution in [0.15, 0.2) is 73.4 Å². The Morgan fingerprint density at radius 3 is 2.09 bits per heavy atom. The lowest BCUT2D eigenvalue weighted by molar-refractivity contribution is -0.149. The third-order valence-corrected chi connectivity index (χ3v) is 8.60. The number of rotatable bonds is 12. The molecule has 46 heavy (non-hydrogen) atoms. The van der Waals surface area contributed by atoms with Crippen LogP contribution < -0.4 is 16.4 Å². The summed E-state index contributed by atoms with van der Waals surface area (Å²) in [5, 5.41) is 17.3. The molecule has 1 fully saturated rings. The summed E-state index contributed by atoms with van der Waals surface area (Å²) in [7, 11) is 0. The second kappa shape index (κ2) is 13.3. The first kappa shape index (κ1) is 30.6. The van der Waals surface area contributed by atoms with Gasteiger partial charge in [0.05, 0.1) is 12.4 Å². The van der Waals surface area contributed by atoms with Gasteiger partial charge in [-0.2, -0.15) is 0 Å². The quantitative estimate of drug-likeness (QED) is 0.110. The number of aromatic nitrogens is 4. The maximum Gasteiger partial charge on any atom is 0.326 e. The number of hydrogen-bond donors (Lipinski definition) is 7. The normalized spacial score (nSPS) is 16.7. The maximum atomic E-state index is 14.1. The summed E-state index contributed by atoms with van der Waals surface area (Å²) in [6.07, 6.45) is 7.94. The first-order chi connectivity index (χ1) is 22.3. The minimum Gasteiger partial charge on any atom is -0.480 e. The molecule has 1 aliphatic heterocycles. The number of fused-ring (bicyclic) bond motifs is 2. The number of carboxylic acids is 1. The summed E-state index contributed by atoms with van der Waals surface area (Å²) >= 11 is 0. The zero-order valence-electron chi connectivity index (χ0n) is 25.0. The van der Waals surface area contributed by atoms with Crippen LogP contribution in [-0.4, -0.2) is 84.3 Å². The number of hydrogen-bond acceptors (Lipinski definition) is 6. The van der Waals surface area contributed by atoms with Crippen molar-refractivity contribution in [2.45, 2.75) is 56.3 Å². The molecule has 13 nitrogen and oxygen atoms in total. The van der Waals surface area contributed by atoms with Gasteiger partial charge in [0.2, 0.25) is 17.7 Å². The van der Waals surface area contributed by atoms with E-state index in [2.05, 4.69) is 30.6 Å². The van der Waals surface area contributed by atoms with Crippen LogP contribution in [0.3, 0.4) is 0 Å². The number of H-pyrrole nitrogens is 3. The highest BCUT2D eigenvalue weighted by molar-refractivity contribution is 5.96. The summed E-state index contributed by atoms with van der Waals surface area (Å²) in [5.41, 5.74) is 10.2. The van der Waals surface area contributed by atoms with E-state index in [1.807, 2.05) is 48.5 Å². The summed E-state index contributed by atoms with van der Waals surface area (Å²) in [6, 6.07) is 11.1. The van der Waals surface area contributed by atoms with Gasteiger partial charge >= 0.3 is 5.97 Å². The van der Waals surface area contributed by atoms with E-state index in [4.69, 9.17) is 5.73 Å². The Morgan fingerprint density at radius 2 is 1.48 bits per heavy atom. The van der Waals surface area contributed by atoms with E-state index in [-0.39, 0.29) is 25.8 Å². The fourth-order valence-electron chi connectivity index (χ4n) is 6.21. The molecule has 0 bridgehead atoms. The van der Waals surface area contributed by atoms with E-state index in [1.54, 1.807) is 18.6 Å². The van der Waals surface area contributed by atoms with Crippen LogP contribution in [0.1, 0.15) is 29.7 Å². The molecular formula is C33H36N8O5. The molecule has 1 aliphatic rings. The molecule has 238 valence electrons. The third kappa shape index (κ3) is 6.49. The van der Waals surface area contributed by atoms with Gasteiger partial charge < -0.3 is 41.3 Å². The van der Waals surface area contributed by atoms with Gasteiger partial charge in [-0.15, -0.1) is 0 Å². The molecule has 8 N–H and O–H groups in total. The number of carbonyl (C=O) groups excluding carboxylic acids is 3. The molecule has 4 unspecified atom stereocenters. The molecule has 1 saturated heterocycles. The van der Waals surface area contributed by atoms with E-state index in [0.717, 1.165) is 32.9 Å². The van der Waals surface area contributed by atoms with E-state index in [0.29, 0.717) is 18.5 Å². The number of likely N-dealkylation sites (tertiary alicyclic amines) is 1. The smallest absolute Gasteiger partial charge is 0.326 e. The number of amides is 3. The van der Waals surface area contributed by atoms with Gasteiger partial charge in [-0.1, -0.05) is 36.4 Å². The van der Waals surface area contributed by atoms with Crippen molar-refractivity contribution in [1.82, 2.24) is 35.5 Å². The Labute approximate surface area is 263 Å². The number of nitrogens with zero attached hydrogens (tertiary/aromatic N) is 2. The zero-order chi connectivity index (χ0) is 32.2. The largest absolute Gasteiger partial charge is 0.480 e. The standard InChI is InChI=1S/C33H36N8O5/c34-24(14-21-17-35-18-38-21)30(42)39-27(12-19-15-36-25-8-3-1-6-22(19)25)31(43)40-28(32(44)41-11-5-10-29(41)33(45)46)13-20-16-37-26-9-4-2-7-23(20)26/h1-4,6-9,15-18,24,27-29,36-37H,5,10-14,34H2,(H,35,38)(H,39,42)(H,40,43)(H,45,46). The van der Waals surface area contributed by atoms with E-state index in [1.165, 1.54) is 11.2 Å². The van der Waals surface area contributed by atoms with E-state index < -0.39 is 47.9 Å². The number of para-hydroxylation sites is 2. The Morgan fingerprint density at radius 1 is 0.870 bits per heavy atom. The van der Waals surface area contributed by atoms with Crippen molar-refractivity contribution in [3.05, 3.63) is 90.3 Å². The SMILES string of the molecule is NC(Cc1cnc[nH]1)C(=O)NC(Cc1c[nH]c2ccccc12)C(=O)NC(Cc1c[nH]c2ccccc12)C(=O)N1CCCC1C(=O)O. The van der Waals surface area contributed by atoms with Crippen molar-refractivity contribution < 1.29 is 24.3 Å². The van der Waals surface area contributed by atoms with E-state index >= 15 is 0 Å². The number of nitrogens with one attached hydrogen (secondary N) is 5. The first-order valence-electron chi connectivity index (χ1n) is 15.3. The lowest BCUT2D eigenvalue weighted by Gasteiger charge is -2.29. The van der Waals surface area contributed by atoms with Gasteiger partial charge in [0, 0.05) is 71.9 Å². The highest BCUT2D eigenvalue weighted by Crippen LogP contribution is 2.24. The molecular weight excluding hydrogens is 588 g/mol. The summed E-state index contributed by atoms with van der Waals surface area (Å²) < 4.78 is 0. The Balaban J connectivity index is 1.29. The fraction of sp³-hybridized carbons (Fsp3) is 0.303. The van der Waals surface area contributed by atoms with Gasteiger partial charge in [-0.25, -0.2) is 9.78 Å². The van der Waals surface area contributed by atoms with Crippen LogP contribution >= 0.6 is 0 Å². The second-order valence-corrected chi connectivity index (χ2v) is 11.7. The molecule has 4 heterocycles. The Kier molecular flexibility index (Phi) is 8.83. The lowest BCUT2D eigenvalue weighted by Crippen LogP contribution is -2.58. The second-order valence-electron chi connectivity index (χ2n) is 11.7. The van der Waals surface area contributed by atoms with Crippen molar-refractivity contribution >= 4 is 45.5 Å². The molecule has 0 aliphatic carbocycles. The van der Waals surface area contributed by atoms with Crippen molar-refractivity contribution in [2.75, 3.05) is 6.54 Å². The van der Waals surface area contributed by atoms with Crippen LogP contribution in [0.4, 0.5) is 0 Å². The van der Waals surface area contributed by atoms with Crippen molar-refractivity contribution in [3.63, 3.8) is 0 Å². The Bertz CT molecular complexity index is 1860. The zero-order valence-corrected chi connectivity index (χ0v) is 25.0. The van der Waals surface area contributed by atoms with Crippen molar-refractivity contribution in [2.24, 2.45) is 5.73 Å². The predicted molar refractivity (Wildman–Crippen MR) is 171 cm³/mol. The lowest BCUT2D eigenvalue weighted by atomic mass is 10.0. The molecule has 5 aromatic rings. The third-order valence-electron chi connectivity index (χ3n) is 8.60. The monoisotopic (exact) mass is 624 g/mol. The number of aliphatic carboxylic acids is 1. The number of imidazole rings is 1. The van der Waals surface area contributed by atoms with Gasteiger partial charge in [-0.3, -0.25) is 14.4 Å². The molecule has 3 aromatic heterocycles. The minimum atomic E-state index is -1.09. The number of aromatic amines is 3. The minimum absolute atomic E-state index is 0.116. The predicted octanol–water partition coefficient (Wildman–Crippen LogP) is 1.77. The van der Waals surface area contributed by atoms with Crippen LogP contribution in [0.25, 0.3) is 21.8 Å². The highest BCUT2D eigenvalue weighted by atomic mass is 16.4. The summed E-state index contributed by atoms with van der Waals surface area (Å²) in [6.45, 7) is 0.272. The molecule has 0 spiro atoms. The number of carboxylic acid groups (broad SMARTS) is 1. The Hall–Kier alpha value is -5.43. The van der Waals surface area contributed by atoms with Gasteiger partial charge in [0.15, 0.2) is 0 Å². The molecule has 2 aromatic carbocycles. The topological polar surface area (TPSA) is 202 Å². The number of carbonyl (C=O) groups is 4. The first-order valence-corrected chi connectivity index (χ1v) is 15.3. The molecule has 0 radical (unpaired) electrons. The van der Waals surface area contributed by atoms with E-state index in [9.17, 15) is 24.3 Å². The average molecular weight is 625 g/mol. The number of nitrogens with two attached hydrogens (primary N) is 1. The van der Waals surface area contributed by atoms with Crippen LogP contribution in [0.2, 0.25) is 0 Å². The average Bonchev–Trinajstić information content (AvgIpc) is 3.88. The summed E-state index contributed by atoms with van der Waals surface area (Å²) in [4.78, 5) is 68.0. The molecule has 4 atom stereocenters. The maximum absolute atomic E-state index is 14.1. The fourth-order valence-corrected chi connectivity index (χ4v) is 6.21. The number of benzene rings is 2. The molecule has 0 saturated carbocycles.